The molecule has 2 aromatic carbocycles. The Labute approximate surface area is 172 Å². The molecule has 160 valence electrons. The lowest BCUT2D eigenvalue weighted by Gasteiger charge is -2.22. The number of nitrogens with zero attached hydrogens (tertiary/aromatic N) is 1. The van der Waals surface area contributed by atoms with Gasteiger partial charge in [-0.15, -0.1) is 0 Å². The molecule has 0 heterocycles. The number of hydrogen-bond donors (Lipinski definition) is 0. The molecule has 0 aliphatic heterocycles. The Morgan fingerprint density at radius 2 is 1.59 bits per heavy atom. The zero-order valence-electron chi connectivity index (χ0n) is 16.8. The highest BCUT2D eigenvalue weighted by Gasteiger charge is 2.25. The van der Waals surface area contributed by atoms with E-state index in [0.29, 0.717) is 5.56 Å². The van der Waals surface area contributed by atoms with E-state index >= 15 is 0 Å². The van der Waals surface area contributed by atoms with Crippen LogP contribution in [-0.2, 0) is 31.4 Å². The van der Waals surface area contributed by atoms with Crippen molar-refractivity contribution in [2.24, 2.45) is 0 Å². The van der Waals surface area contributed by atoms with E-state index in [1.54, 1.807) is 30.3 Å². The predicted molar refractivity (Wildman–Crippen MR) is 109 cm³/mol. The molecule has 0 fully saturated rings. The monoisotopic (exact) mass is 443 g/mol. The lowest BCUT2D eigenvalue weighted by Crippen LogP contribution is -2.33. The topological polar surface area (TPSA) is 99.2 Å². The van der Waals surface area contributed by atoms with E-state index in [4.69, 9.17) is 13.7 Å². The van der Waals surface area contributed by atoms with Gasteiger partial charge in [0.1, 0.15) is 0 Å². The number of aryl methyl sites for hydroxylation is 1. The smallest absolute Gasteiger partial charge is 0.306 e. The summed E-state index contributed by atoms with van der Waals surface area (Å²) in [5.41, 5.74) is 1.49. The first-order valence-corrected chi connectivity index (χ1v) is 11.9. The van der Waals surface area contributed by atoms with Gasteiger partial charge < -0.3 is 13.7 Å². The van der Waals surface area contributed by atoms with Crippen LogP contribution in [0.15, 0.2) is 47.4 Å². The third kappa shape index (κ3) is 6.43. The molecule has 0 bridgehead atoms. The molecule has 10 heteroatoms. The second-order valence-electron chi connectivity index (χ2n) is 6.42. The molecule has 0 atom stereocenters. The molecular weight excluding hydrogens is 418 g/mol. The van der Waals surface area contributed by atoms with Crippen LogP contribution in [0.5, 0.6) is 11.5 Å². The summed E-state index contributed by atoms with van der Waals surface area (Å²) in [4.78, 5) is 0.167. The van der Waals surface area contributed by atoms with Crippen LogP contribution in [0.2, 0.25) is 0 Å². The SMILES string of the molecule is COCCN(Cc1ccc(OC)c(OS(C)(=O)=O)c1)S(=O)(=O)c1ccc(C)cc1. The highest BCUT2D eigenvalue weighted by atomic mass is 32.2. The molecule has 0 saturated heterocycles. The van der Waals surface area contributed by atoms with Crippen LogP contribution in [0.3, 0.4) is 0 Å². The Bertz CT molecular complexity index is 1030. The molecule has 0 saturated carbocycles. The summed E-state index contributed by atoms with van der Waals surface area (Å²) in [6.45, 7) is 2.21. The van der Waals surface area contributed by atoms with Crippen molar-refractivity contribution in [3.05, 3.63) is 53.6 Å². The van der Waals surface area contributed by atoms with Crippen molar-refractivity contribution >= 4 is 20.1 Å². The van der Waals surface area contributed by atoms with Crippen molar-refractivity contribution in [2.45, 2.75) is 18.4 Å². The largest absolute Gasteiger partial charge is 0.493 e. The number of benzene rings is 2. The predicted octanol–water partition coefficient (Wildman–Crippen LogP) is 2.18. The van der Waals surface area contributed by atoms with Gasteiger partial charge in [-0.3, -0.25) is 0 Å². The molecule has 0 N–H and O–H groups in total. The highest BCUT2D eigenvalue weighted by Crippen LogP contribution is 2.30. The minimum Gasteiger partial charge on any atom is -0.493 e. The van der Waals surface area contributed by atoms with E-state index in [2.05, 4.69) is 0 Å². The van der Waals surface area contributed by atoms with Crippen LogP contribution in [-0.4, -0.2) is 54.8 Å². The fourth-order valence-corrected chi connectivity index (χ4v) is 4.46. The van der Waals surface area contributed by atoms with Crippen molar-refractivity contribution in [3.8, 4) is 11.5 Å². The Morgan fingerprint density at radius 3 is 2.14 bits per heavy atom. The van der Waals surface area contributed by atoms with Crippen LogP contribution in [0, 0.1) is 6.92 Å². The van der Waals surface area contributed by atoms with Crippen molar-refractivity contribution in [1.82, 2.24) is 4.31 Å². The summed E-state index contributed by atoms with van der Waals surface area (Å²) < 4.78 is 65.7. The minimum atomic E-state index is -3.79. The normalized spacial score (nSPS) is 12.2. The van der Waals surface area contributed by atoms with Gasteiger partial charge in [-0.1, -0.05) is 23.8 Å². The van der Waals surface area contributed by atoms with Gasteiger partial charge in [-0.05, 0) is 36.8 Å². The molecule has 0 aliphatic rings. The average molecular weight is 444 g/mol. The molecule has 0 aliphatic carbocycles. The maximum absolute atomic E-state index is 13.1. The average Bonchev–Trinajstić information content (AvgIpc) is 2.64. The Morgan fingerprint density at radius 1 is 0.931 bits per heavy atom. The van der Waals surface area contributed by atoms with Crippen molar-refractivity contribution in [3.63, 3.8) is 0 Å². The first-order chi connectivity index (χ1) is 13.6. The number of methoxy groups -OCH3 is 2. The van der Waals surface area contributed by atoms with E-state index < -0.39 is 20.1 Å². The van der Waals surface area contributed by atoms with Crippen LogP contribution in [0.25, 0.3) is 0 Å². The fourth-order valence-electron chi connectivity index (χ4n) is 2.59. The number of sulfonamides is 1. The molecule has 2 rings (SSSR count). The van der Waals surface area contributed by atoms with Gasteiger partial charge >= 0.3 is 10.1 Å². The quantitative estimate of drug-likeness (QED) is 0.519. The number of hydrogen-bond acceptors (Lipinski definition) is 7. The molecule has 0 radical (unpaired) electrons. The van der Waals surface area contributed by atoms with Gasteiger partial charge in [0.25, 0.3) is 0 Å². The lowest BCUT2D eigenvalue weighted by atomic mass is 10.2. The molecule has 29 heavy (non-hydrogen) atoms. The third-order valence-electron chi connectivity index (χ3n) is 4.03. The zero-order chi connectivity index (χ0) is 21.7. The molecular formula is C19H25NO7S2. The first-order valence-electron chi connectivity index (χ1n) is 8.69. The summed E-state index contributed by atoms with van der Waals surface area (Å²) in [6.07, 6.45) is 0.922. The van der Waals surface area contributed by atoms with Gasteiger partial charge in [0.15, 0.2) is 11.5 Å². The van der Waals surface area contributed by atoms with E-state index in [0.717, 1.165) is 11.8 Å². The van der Waals surface area contributed by atoms with Gasteiger partial charge in [0.2, 0.25) is 10.0 Å². The summed E-state index contributed by atoms with van der Waals surface area (Å²) >= 11 is 0. The highest BCUT2D eigenvalue weighted by molar-refractivity contribution is 7.89. The maximum atomic E-state index is 13.1. The van der Waals surface area contributed by atoms with Gasteiger partial charge in [0, 0.05) is 20.2 Å². The maximum Gasteiger partial charge on any atom is 0.306 e. The number of rotatable bonds is 10. The second-order valence-corrected chi connectivity index (χ2v) is 9.93. The van der Waals surface area contributed by atoms with Crippen molar-refractivity contribution in [1.29, 1.82) is 0 Å². The van der Waals surface area contributed by atoms with Crippen LogP contribution >= 0.6 is 0 Å². The zero-order valence-corrected chi connectivity index (χ0v) is 18.4. The van der Waals surface area contributed by atoms with E-state index in [1.165, 1.54) is 30.7 Å². The van der Waals surface area contributed by atoms with Gasteiger partial charge in [0.05, 0.1) is 24.9 Å². The second kappa shape index (κ2) is 9.57. The van der Waals surface area contributed by atoms with E-state index in [1.807, 2.05) is 6.92 Å². The summed E-state index contributed by atoms with van der Waals surface area (Å²) in [5.74, 6) is 0.218. The van der Waals surface area contributed by atoms with E-state index in [-0.39, 0.29) is 36.1 Å². The standard InChI is InChI=1S/C19H25NO7S2/c1-15-5-8-17(9-6-15)29(23,24)20(11-12-25-2)14-16-7-10-18(26-3)19(13-16)27-28(4,21)22/h5-10,13H,11-12,14H2,1-4H3. The first kappa shape index (κ1) is 23.1. The molecule has 0 aromatic heterocycles. The van der Waals surface area contributed by atoms with E-state index in [9.17, 15) is 16.8 Å². The molecule has 8 nitrogen and oxygen atoms in total. The molecule has 2 aromatic rings. The minimum absolute atomic E-state index is 0.00366. The summed E-state index contributed by atoms with van der Waals surface area (Å²) in [6, 6.07) is 11.2. The molecule has 0 amide bonds. The molecule has 0 unspecified atom stereocenters. The summed E-state index contributed by atoms with van der Waals surface area (Å²) in [5, 5.41) is 0. The van der Waals surface area contributed by atoms with Crippen molar-refractivity contribution < 1.29 is 30.5 Å². The summed E-state index contributed by atoms with van der Waals surface area (Å²) in [7, 11) is -4.69. The Hall–Kier alpha value is -2.14. The Balaban J connectivity index is 2.39. The lowest BCUT2D eigenvalue weighted by molar-refractivity contribution is 0.177. The van der Waals surface area contributed by atoms with Crippen LogP contribution in [0.4, 0.5) is 0 Å². The fraction of sp³-hybridized carbons (Fsp3) is 0.368. The van der Waals surface area contributed by atoms with Crippen LogP contribution in [0.1, 0.15) is 11.1 Å². The van der Waals surface area contributed by atoms with Gasteiger partial charge in [-0.25, -0.2) is 8.42 Å². The Kier molecular flexibility index (Phi) is 7.64. The van der Waals surface area contributed by atoms with Gasteiger partial charge in [-0.2, -0.15) is 12.7 Å². The van der Waals surface area contributed by atoms with Crippen molar-refractivity contribution in [2.75, 3.05) is 33.6 Å². The molecule has 0 spiro atoms. The number of ether oxygens (including phenoxy) is 2. The van der Waals surface area contributed by atoms with Crippen LogP contribution < -0.4 is 8.92 Å². The third-order valence-corrected chi connectivity index (χ3v) is 6.37.